The highest BCUT2D eigenvalue weighted by Gasteiger charge is 2.27. The summed E-state index contributed by atoms with van der Waals surface area (Å²) >= 11 is 0. The molecule has 3 aromatic heterocycles. The lowest BCUT2D eigenvalue weighted by atomic mass is 10.1. The molecule has 6 heteroatoms. The van der Waals surface area contributed by atoms with Gasteiger partial charge in [-0.25, -0.2) is 4.98 Å². The number of amides is 1. The van der Waals surface area contributed by atoms with E-state index in [2.05, 4.69) is 32.8 Å². The normalized spacial score (nSPS) is 18.3. The summed E-state index contributed by atoms with van der Waals surface area (Å²) in [6.07, 6.45) is 7.78. The van der Waals surface area contributed by atoms with Crippen LogP contribution < -0.4 is 0 Å². The molecule has 0 saturated carbocycles. The first-order chi connectivity index (χ1) is 12.7. The molecule has 0 spiro atoms. The molecule has 3 aromatic rings. The molecule has 4 heterocycles. The second-order valence-electron chi connectivity index (χ2n) is 6.92. The van der Waals surface area contributed by atoms with Crippen LogP contribution in [0.4, 0.5) is 0 Å². The van der Waals surface area contributed by atoms with Gasteiger partial charge < -0.3 is 9.88 Å². The summed E-state index contributed by atoms with van der Waals surface area (Å²) in [7, 11) is 0. The van der Waals surface area contributed by atoms with Crippen LogP contribution in [-0.4, -0.2) is 56.3 Å². The Hall–Kier alpha value is -2.73. The van der Waals surface area contributed by atoms with Gasteiger partial charge in [0.1, 0.15) is 5.65 Å². The molecule has 0 aromatic carbocycles. The van der Waals surface area contributed by atoms with Crippen molar-refractivity contribution in [3.8, 4) is 0 Å². The second kappa shape index (κ2) is 7.25. The number of fused-ring (bicyclic) bond motifs is 1. The van der Waals surface area contributed by atoms with Crippen molar-refractivity contribution in [1.29, 1.82) is 0 Å². The molecule has 0 aliphatic carbocycles. The van der Waals surface area contributed by atoms with Gasteiger partial charge in [0.05, 0.1) is 6.42 Å². The summed E-state index contributed by atoms with van der Waals surface area (Å²) in [6, 6.07) is 8.19. The maximum absolute atomic E-state index is 12.8. The Kier molecular flexibility index (Phi) is 4.67. The summed E-state index contributed by atoms with van der Waals surface area (Å²) < 4.78 is 0. The standard InChI is InChI=1S/C20H23N5O/c1-15-13-24(14-16-4-2-6-21-11-16)8-9-25(15)19(26)10-17-12-23-20-18(17)5-3-7-22-20/h2-7,11-12,15H,8-10,13-14H2,1H3,(H,22,23)/t15-/m0/s1. The van der Waals surface area contributed by atoms with Crippen LogP contribution in [0.5, 0.6) is 0 Å². The van der Waals surface area contributed by atoms with E-state index in [1.54, 1.807) is 12.4 Å². The first-order valence-corrected chi connectivity index (χ1v) is 9.02. The number of aromatic amines is 1. The van der Waals surface area contributed by atoms with Crippen LogP contribution in [0.1, 0.15) is 18.1 Å². The fourth-order valence-corrected chi connectivity index (χ4v) is 3.72. The van der Waals surface area contributed by atoms with Crippen molar-refractivity contribution in [1.82, 2.24) is 24.8 Å². The molecule has 0 unspecified atom stereocenters. The summed E-state index contributed by atoms with van der Waals surface area (Å²) in [6.45, 7) is 5.55. The number of hydrogen-bond acceptors (Lipinski definition) is 4. The molecule has 1 aliphatic heterocycles. The zero-order valence-corrected chi connectivity index (χ0v) is 14.9. The molecule has 1 N–H and O–H groups in total. The van der Waals surface area contributed by atoms with Gasteiger partial charge in [0.25, 0.3) is 0 Å². The number of hydrogen-bond donors (Lipinski definition) is 1. The van der Waals surface area contributed by atoms with Gasteiger partial charge in [-0.2, -0.15) is 0 Å². The minimum Gasteiger partial charge on any atom is -0.346 e. The zero-order valence-electron chi connectivity index (χ0n) is 14.9. The molecule has 1 atom stereocenters. The highest BCUT2D eigenvalue weighted by molar-refractivity contribution is 5.87. The number of nitrogens with zero attached hydrogens (tertiary/aromatic N) is 4. The molecule has 0 bridgehead atoms. The first-order valence-electron chi connectivity index (χ1n) is 9.02. The van der Waals surface area contributed by atoms with Gasteiger partial charge in [-0.3, -0.25) is 14.7 Å². The Morgan fingerprint density at radius 2 is 2.15 bits per heavy atom. The van der Waals surface area contributed by atoms with Crippen molar-refractivity contribution < 1.29 is 4.79 Å². The number of aromatic nitrogens is 3. The summed E-state index contributed by atoms with van der Waals surface area (Å²) in [4.78, 5) is 28.9. The number of carbonyl (C=O) groups excluding carboxylic acids is 1. The smallest absolute Gasteiger partial charge is 0.227 e. The van der Waals surface area contributed by atoms with E-state index in [4.69, 9.17) is 0 Å². The number of piperazine rings is 1. The van der Waals surface area contributed by atoms with Crippen LogP contribution >= 0.6 is 0 Å². The Balaban J connectivity index is 1.38. The number of pyridine rings is 2. The number of nitrogens with one attached hydrogen (secondary N) is 1. The Morgan fingerprint density at radius 3 is 2.96 bits per heavy atom. The maximum atomic E-state index is 12.8. The zero-order chi connectivity index (χ0) is 17.9. The lowest BCUT2D eigenvalue weighted by molar-refractivity contribution is -0.135. The van der Waals surface area contributed by atoms with E-state index in [0.29, 0.717) is 6.42 Å². The number of rotatable bonds is 4. The van der Waals surface area contributed by atoms with Gasteiger partial charge in [-0.05, 0) is 36.2 Å². The van der Waals surface area contributed by atoms with E-state index in [0.717, 1.165) is 42.8 Å². The fourth-order valence-electron chi connectivity index (χ4n) is 3.72. The minimum atomic E-state index is 0.184. The van der Waals surface area contributed by atoms with E-state index < -0.39 is 0 Å². The van der Waals surface area contributed by atoms with Crippen LogP contribution in [0, 0.1) is 0 Å². The van der Waals surface area contributed by atoms with E-state index >= 15 is 0 Å². The van der Waals surface area contributed by atoms with Crippen molar-refractivity contribution in [2.45, 2.75) is 25.9 Å². The predicted molar refractivity (Wildman–Crippen MR) is 100 cm³/mol. The lowest BCUT2D eigenvalue weighted by Crippen LogP contribution is -2.54. The molecule has 0 radical (unpaired) electrons. The van der Waals surface area contributed by atoms with Gasteiger partial charge in [0.15, 0.2) is 0 Å². The van der Waals surface area contributed by atoms with Crippen LogP contribution in [0.2, 0.25) is 0 Å². The van der Waals surface area contributed by atoms with Gasteiger partial charge in [-0.15, -0.1) is 0 Å². The summed E-state index contributed by atoms with van der Waals surface area (Å²) in [5.74, 6) is 0.184. The SMILES string of the molecule is C[C@H]1CN(Cc2cccnc2)CCN1C(=O)Cc1c[nH]c2ncccc12. The largest absolute Gasteiger partial charge is 0.346 e. The van der Waals surface area contributed by atoms with Crippen LogP contribution in [0.15, 0.2) is 49.1 Å². The minimum absolute atomic E-state index is 0.184. The fraction of sp³-hybridized carbons (Fsp3) is 0.350. The quantitative estimate of drug-likeness (QED) is 0.784. The number of H-pyrrole nitrogens is 1. The van der Waals surface area contributed by atoms with Crippen LogP contribution in [0.25, 0.3) is 11.0 Å². The molecule has 6 nitrogen and oxygen atoms in total. The first kappa shape index (κ1) is 16.7. The van der Waals surface area contributed by atoms with E-state index in [-0.39, 0.29) is 11.9 Å². The van der Waals surface area contributed by atoms with Crippen molar-refractivity contribution in [3.05, 3.63) is 60.2 Å². The highest BCUT2D eigenvalue weighted by Crippen LogP contribution is 2.19. The molecular formula is C20H23N5O. The van der Waals surface area contributed by atoms with Gasteiger partial charge >= 0.3 is 0 Å². The predicted octanol–water partition coefficient (Wildman–Crippen LogP) is 2.23. The Bertz CT molecular complexity index is 891. The topological polar surface area (TPSA) is 65.1 Å². The highest BCUT2D eigenvalue weighted by atomic mass is 16.2. The van der Waals surface area contributed by atoms with Crippen molar-refractivity contribution in [2.75, 3.05) is 19.6 Å². The van der Waals surface area contributed by atoms with Crippen LogP contribution in [0.3, 0.4) is 0 Å². The van der Waals surface area contributed by atoms with Gasteiger partial charge in [0, 0.05) is 62.4 Å². The summed E-state index contributed by atoms with van der Waals surface area (Å²) in [5, 5.41) is 1.03. The van der Waals surface area contributed by atoms with Crippen molar-refractivity contribution in [3.63, 3.8) is 0 Å². The van der Waals surface area contributed by atoms with Crippen LogP contribution in [-0.2, 0) is 17.8 Å². The average molecular weight is 349 g/mol. The molecule has 1 fully saturated rings. The second-order valence-corrected chi connectivity index (χ2v) is 6.92. The number of carbonyl (C=O) groups is 1. The monoisotopic (exact) mass is 349 g/mol. The van der Waals surface area contributed by atoms with Gasteiger partial charge in [0.2, 0.25) is 5.91 Å². The third-order valence-corrected chi connectivity index (χ3v) is 5.04. The van der Waals surface area contributed by atoms with E-state index in [1.165, 1.54) is 5.56 Å². The van der Waals surface area contributed by atoms with Crippen molar-refractivity contribution >= 4 is 16.9 Å². The average Bonchev–Trinajstić information content (AvgIpc) is 3.06. The van der Waals surface area contributed by atoms with E-state index in [1.807, 2.05) is 35.5 Å². The molecule has 134 valence electrons. The maximum Gasteiger partial charge on any atom is 0.227 e. The molecule has 26 heavy (non-hydrogen) atoms. The molecular weight excluding hydrogens is 326 g/mol. The third-order valence-electron chi connectivity index (χ3n) is 5.04. The summed E-state index contributed by atoms with van der Waals surface area (Å²) in [5.41, 5.74) is 3.07. The lowest BCUT2D eigenvalue weighted by Gasteiger charge is -2.40. The molecule has 1 amide bonds. The van der Waals surface area contributed by atoms with E-state index in [9.17, 15) is 4.79 Å². The molecule has 1 aliphatic rings. The van der Waals surface area contributed by atoms with Crippen molar-refractivity contribution in [2.24, 2.45) is 0 Å². The Labute approximate surface area is 152 Å². The third kappa shape index (κ3) is 3.46. The van der Waals surface area contributed by atoms with Gasteiger partial charge in [-0.1, -0.05) is 6.07 Å². The molecule has 4 rings (SSSR count). The Morgan fingerprint density at radius 1 is 1.27 bits per heavy atom. The molecule has 1 saturated heterocycles.